The first-order chi connectivity index (χ1) is 8.45. The highest BCUT2D eigenvalue weighted by atomic mass is 16.2. The van der Waals surface area contributed by atoms with Gasteiger partial charge in [-0.05, 0) is 39.7 Å². The third-order valence-corrected chi connectivity index (χ3v) is 3.77. The molecule has 1 aliphatic carbocycles. The number of hydrogen-bond acceptors (Lipinski definition) is 4. The van der Waals surface area contributed by atoms with Crippen molar-refractivity contribution in [2.24, 2.45) is 5.73 Å². The van der Waals surface area contributed by atoms with Gasteiger partial charge in [-0.1, -0.05) is 0 Å². The summed E-state index contributed by atoms with van der Waals surface area (Å²) in [5.74, 6) is -0.272. The number of carbonyl (C=O) groups is 2. The van der Waals surface area contributed by atoms with Crippen LogP contribution in [0.15, 0.2) is 0 Å². The molecule has 18 heavy (non-hydrogen) atoms. The average molecular weight is 256 g/mol. The van der Waals surface area contributed by atoms with E-state index in [9.17, 15) is 9.59 Å². The molecule has 6 heteroatoms. The molecule has 4 N–H and O–H groups in total. The maximum absolute atomic E-state index is 11.8. The molecule has 0 aromatic heterocycles. The van der Waals surface area contributed by atoms with Crippen LogP contribution in [0.2, 0.25) is 0 Å². The van der Waals surface area contributed by atoms with Crippen LogP contribution in [0.25, 0.3) is 0 Å². The van der Waals surface area contributed by atoms with Gasteiger partial charge >= 0.3 is 6.03 Å². The largest absolute Gasteiger partial charge is 0.341 e. The summed E-state index contributed by atoms with van der Waals surface area (Å²) in [4.78, 5) is 24.9. The molecular formula is C12H24N4O2. The van der Waals surface area contributed by atoms with Crippen LogP contribution in [0.1, 0.15) is 32.6 Å². The zero-order valence-electron chi connectivity index (χ0n) is 11.4. The van der Waals surface area contributed by atoms with Crippen molar-refractivity contribution in [1.29, 1.82) is 0 Å². The Hall–Kier alpha value is -1.14. The van der Waals surface area contributed by atoms with Crippen molar-refractivity contribution in [2.45, 2.75) is 50.7 Å². The van der Waals surface area contributed by atoms with Crippen LogP contribution in [-0.4, -0.2) is 49.1 Å². The maximum Gasteiger partial charge on any atom is 0.321 e. The van der Waals surface area contributed by atoms with E-state index in [4.69, 9.17) is 5.73 Å². The van der Waals surface area contributed by atoms with Gasteiger partial charge in [-0.3, -0.25) is 15.0 Å². The molecule has 0 radical (unpaired) electrons. The minimum atomic E-state index is -0.467. The third-order valence-electron chi connectivity index (χ3n) is 3.77. The maximum atomic E-state index is 11.8. The number of amides is 3. The van der Waals surface area contributed by atoms with Crippen LogP contribution >= 0.6 is 0 Å². The van der Waals surface area contributed by atoms with Gasteiger partial charge < -0.3 is 11.1 Å². The Labute approximate surface area is 108 Å². The highest BCUT2D eigenvalue weighted by Crippen LogP contribution is 2.22. The molecule has 1 saturated carbocycles. The summed E-state index contributed by atoms with van der Waals surface area (Å²) in [7, 11) is 3.41. The number of carbonyl (C=O) groups excluding carboxylic acids is 2. The fourth-order valence-electron chi connectivity index (χ4n) is 2.29. The monoisotopic (exact) mass is 256 g/mol. The molecular weight excluding hydrogens is 232 g/mol. The normalized spacial score (nSPS) is 25.6. The molecule has 0 spiro atoms. The summed E-state index contributed by atoms with van der Waals surface area (Å²) < 4.78 is 0. The van der Waals surface area contributed by atoms with Gasteiger partial charge in [0.1, 0.15) is 0 Å². The van der Waals surface area contributed by atoms with E-state index in [0.29, 0.717) is 12.1 Å². The van der Waals surface area contributed by atoms with Crippen LogP contribution < -0.4 is 16.4 Å². The van der Waals surface area contributed by atoms with Crippen molar-refractivity contribution in [3.05, 3.63) is 0 Å². The molecule has 0 bridgehead atoms. The van der Waals surface area contributed by atoms with E-state index in [2.05, 4.69) is 10.6 Å². The first kappa shape index (κ1) is 14.9. The number of nitrogens with one attached hydrogen (secondary N) is 2. The number of imide groups is 1. The van der Waals surface area contributed by atoms with Gasteiger partial charge in [0, 0.05) is 19.1 Å². The molecule has 1 fully saturated rings. The van der Waals surface area contributed by atoms with Crippen molar-refractivity contribution in [3.8, 4) is 0 Å². The minimum Gasteiger partial charge on any atom is -0.341 e. The van der Waals surface area contributed by atoms with Gasteiger partial charge in [0.25, 0.3) is 0 Å². The van der Waals surface area contributed by atoms with Crippen molar-refractivity contribution in [2.75, 3.05) is 14.1 Å². The van der Waals surface area contributed by atoms with Gasteiger partial charge in [0.2, 0.25) is 5.91 Å². The SMILES string of the molecule is CNC(=O)NC(=O)C(C)N(C)C1CCC(N)CC1. The molecule has 1 aliphatic rings. The number of nitrogens with two attached hydrogens (primary N) is 1. The van der Waals surface area contributed by atoms with E-state index in [1.165, 1.54) is 7.05 Å². The zero-order valence-corrected chi connectivity index (χ0v) is 11.4. The Bertz CT molecular complexity index is 300. The second kappa shape index (κ2) is 6.70. The van der Waals surface area contributed by atoms with Gasteiger partial charge in [0.15, 0.2) is 0 Å². The van der Waals surface area contributed by atoms with Crippen LogP contribution in [0.5, 0.6) is 0 Å². The number of hydrogen-bond donors (Lipinski definition) is 3. The summed E-state index contributed by atoms with van der Waals surface area (Å²) >= 11 is 0. The molecule has 0 aliphatic heterocycles. The first-order valence-electron chi connectivity index (χ1n) is 6.45. The number of urea groups is 1. The van der Waals surface area contributed by atoms with Gasteiger partial charge in [-0.15, -0.1) is 0 Å². The number of rotatable bonds is 3. The molecule has 3 amide bonds. The van der Waals surface area contributed by atoms with E-state index in [1.54, 1.807) is 0 Å². The van der Waals surface area contributed by atoms with E-state index in [1.807, 2.05) is 18.9 Å². The lowest BCUT2D eigenvalue weighted by Crippen LogP contribution is -2.51. The Morgan fingerprint density at radius 1 is 1.28 bits per heavy atom. The van der Waals surface area contributed by atoms with E-state index in [0.717, 1.165) is 25.7 Å². The molecule has 1 unspecified atom stereocenters. The number of nitrogens with zero attached hydrogens (tertiary/aromatic N) is 1. The molecule has 0 saturated heterocycles. The number of likely N-dealkylation sites (N-methyl/N-ethyl adjacent to an activating group) is 1. The fraction of sp³-hybridized carbons (Fsp3) is 0.833. The van der Waals surface area contributed by atoms with Crippen molar-refractivity contribution in [3.63, 3.8) is 0 Å². The Morgan fingerprint density at radius 2 is 1.83 bits per heavy atom. The van der Waals surface area contributed by atoms with E-state index >= 15 is 0 Å². The van der Waals surface area contributed by atoms with Crippen molar-refractivity contribution >= 4 is 11.9 Å². The van der Waals surface area contributed by atoms with Crippen LogP contribution in [0.3, 0.4) is 0 Å². The zero-order chi connectivity index (χ0) is 13.7. The lowest BCUT2D eigenvalue weighted by molar-refractivity contribution is -0.125. The second-order valence-electron chi connectivity index (χ2n) is 4.98. The Morgan fingerprint density at radius 3 is 2.33 bits per heavy atom. The lowest BCUT2D eigenvalue weighted by Gasteiger charge is -2.36. The molecule has 0 aromatic rings. The smallest absolute Gasteiger partial charge is 0.321 e. The predicted molar refractivity (Wildman–Crippen MR) is 70.1 cm³/mol. The molecule has 1 rings (SSSR count). The summed E-state index contributed by atoms with van der Waals surface area (Å²) in [6.45, 7) is 1.81. The summed E-state index contributed by atoms with van der Waals surface area (Å²) in [5.41, 5.74) is 5.87. The molecule has 6 nitrogen and oxygen atoms in total. The van der Waals surface area contributed by atoms with Crippen molar-refractivity contribution in [1.82, 2.24) is 15.5 Å². The Balaban J connectivity index is 2.47. The van der Waals surface area contributed by atoms with Crippen molar-refractivity contribution < 1.29 is 9.59 Å². The Kier molecular flexibility index (Phi) is 5.55. The highest BCUT2D eigenvalue weighted by molar-refractivity contribution is 5.96. The standard InChI is InChI=1S/C12H24N4O2/c1-8(11(17)15-12(18)14-2)16(3)10-6-4-9(13)5-7-10/h8-10H,4-7,13H2,1-3H3,(H2,14,15,17,18). The molecule has 1 atom stereocenters. The lowest BCUT2D eigenvalue weighted by atomic mass is 9.90. The average Bonchev–Trinajstić information content (AvgIpc) is 2.37. The van der Waals surface area contributed by atoms with Gasteiger partial charge in [0.05, 0.1) is 6.04 Å². The van der Waals surface area contributed by atoms with Crippen LogP contribution in [-0.2, 0) is 4.79 Å². The van der Waals surface area contributed by atoms with Crippen LogP contribution in [0, 0.1) is 0 Å². The first-order valence-corrected chi connectivity index (χ1v) is 6.45. The summed E-state index contributed by atoms with van der Waals surface area (Å²) in [6.07, 6.45) is 4.02. The fourth-order valence-corrected chi connectivity index (χ4v) is 2.29. The topological polar surface area (TPSA) is 87.5 Å². The highest BCUT2D eigenvalue weighted by Gasteiger charge is 2.28. The summed E-state index contributed by atoms with van der Waals surface area (Å²) in [5, 5.41) is 4.67. The quantitative estimate of drug-likeness (QED) is 0.665. The third kappa shape index (κ3) is 3.96. The van der Waals surface area contributed by atoms with E-state index in [-0.39, 0.29) is 11.9 Å². The molecule has 0 heterocycles. The summed E-state index contributed by atoms with van der Waals surface area (Å²) in [6, 6.07) is -0.118. The van der Waals surface area contributed by atoms with Gasteiger partial charge in [-0.2, -0.15) is 0 Å². The predicted octanol–water partition coefficient (Wildman–Crippen LogP) is 0.0322. The van der Waals surface area contributed by atoms with Crippen LogP contribution in [0.4, 0.5) is 4.79 Å². The molecule has 104 valence electrons. The molecule has 0 aromatic carbocycles. The van der Waals surface area contributed by atoms with Gasteiger partial charge in [-0.25, -0.2) is 4.79 Å². The minimum absolute atomic E-state index is 0.272. The van der Waals surface area contributed by atoms with E-state index < -0.39 is 6.03 Å². The second-order valence-corrected chi connectivity index (χ2v) is 4.98.